The molecule has 2 aliphatic rings. The number of nitrogens with one attached hydrogen (secondary N) is 1. The van der Waals surface area contributed by atoms with Crippen LogP contribution < -0.4 is 11.1 Å². The Kier molecular flexibility index (Phi) is 7.93. The smallest absolute Gasteiger partial charge is 0.314 e. The molecular weight excluding hydrogens is 474 g/mol. The molecule has 1 aliphatic carbocycles. The summed E-state index contributed by atoms with van der Waals surface area (Å²) >= 11 is 0. The highest BCUT2D eigenvalue weighted by Crippen LogP contribution is 2.37. The first-order valence-electron chi connectivity index (χ1n) is 14.0. The Labute approximate surface area is 225 Å². The lowest BCUT2D eigenvalue weighted by Gasteiger charge is -2.38. The molecule has 5 rings (SSSR count). The van der Waals surface area contributed by atoms with Crippen LogP contribution in [-0.2, 0) is 0 Å². The number of carbonyl (C=O) groups is 2. The Morgan fingerprint density at radius 3 is 2.26 bits per heavy atom. The van der Waals surface area contributed by atoms with Gasteiger partial charge < -0.3 is 16.0 Å². The molecule has 38 heavy (non-hydrogen) atoms. The molecule has 0 spiro atoms. The summed E-state index contributed by atoms with van der Waals surface area (Å²) < 4.78 is 0. The minimum absolute atomic E-state index is 0.0310. The monoisotopic (exact) mass is 513 g/mol. The molecule has 7 heteroatoms. The Balaban J connectivity index is 1.60. The summed E-state index contributed by atoms with van der Waals surface area (Å²) in [4.78, 5) is 35.1. The van der Waals surface area contributed by atoms with Gasteiger partial charge in [-0.15, -0.1) is 0 Å². The van der Waals surface area contributed by atoms with Crippen molar-refractivity contribution >= 4 is 22.8 Å². The second-order valence-electron chi connectivity index (χ2n) is 10.8. The number of amides is 3. The molecule has 200 valence electrons. The summed E-state index contributed by atoms with van der Waals surface area (Å²) in [7, 11) is 0. The van der Waals surface area contributed by atoms with E-state index in [1.54, 1.807) is 4.90 Å². The van der Waals surface area contributed by atoms with Crippen LogP contribution in [0.2, 0.25) is 0 Å². The van der Waals surface area contributed by atoms with Gasteiger partial charge in [0.15, 0.2) is 0 Å². The Hall–Kier alpha value is -3.45. The maximum absolute atomic E-state index is 14.2. The molecule has 1 saturated carbocycles. The second-order valence-corrected chi connectivity index (χ2v) is 10.8. The third-order valence-electron chi connectivity index (χ3n) is 8.51. The molecule has 2 atom stereocenters. The van der Waals surface area contributed by atoms with E-state index >= 15 is 0 Å². The maximum Gasteiger partial charge on any atom is 0.314 e. The summed E-state index contributed by atoms with van der Waals surface area (Å²) in [6.45, 7) is 6.82. The molecule has 2 fully saturated rings. The number of primary amides is 1. The standard InChI is InChI=1S/C31H39N5O2/c1-21(23-11-5-3-6-12-23)33-30(37)28-25-15-9-10-16-26(25)34-29(24-13-7-4-8-14-24)27(28)22(2)35-17-19-36(20-18-35)31(32)38/h4,7-10,13-16,21-23H,3,5-6,11-12,17-20H2,1-2H3,(H2,32,38)(H,33,37)/t21?,22-/m0/s1. The molecule has 7 nitrogen and oxygen atoms in total. The fourth-order valence-electron chi connectivity index (χ4n) is 6.24. The topological polar surface area (TPSA) is 91.6 Å². The molecular formula is C31H39N5O2. The van der Waals surface area contributed by atoms with Gasteiger partial charge in [0.25, 0.3) is 5.91 Å². The van der Waals surface area contributed by atoms with E-state index in [0.29, 0.717) is 37.7 Å². The van der Waals surface area contributed by atoms with Gasteiger partial charge in [0.1, 0.15) is 0 Å². The third kappa shape index (κ3) is 5.39. The zero-order chi connectivity index (χ0) is 26.6. The largest absolute Gasteiger partial charge is 0.351 e. The highest BCUT2D eigenvalue weighted by Gasteiger charge is 2.32. The second kappa shape index (κ2) is 11.5. The fraction of sp³-hybridized carbons (Fsp3) is 0.452. The Morgan fingerprint density at radius 1 is 0.921 bits per heavy atom. The van der Waals surface area contributed by atoms with Gasteiger partial charge >= 0.3 is 6.03 Å². The number of rotatable bonds is 6. The van der Waals surface area contributed by atoms with Crippen LogP contribution in [0.4, 0.5) is 4.79 Å². The van der Waals surface area contributed by atoms with Crippen molar-refractivity contribution in [3.8, 4) is 11.3 Å². The normalized spacial score (nSPS) is 18.7. The van der Waals surface area contributed by atoms with Crippen LogP contribution in [0.1, 0.15) is 67.9 Å². The number of benzene rings is 2. The van der Waals surface area contributed by atoms with Gasteiger partial charge in [-0.2, -0.15) is 0 Å². The molecule has 3 aromatic rings. The van der Waals surface area contributed by atoms with E-state index in [4.69, 9.17) is 10.7 Å². The average molecular weight is 514 g/mol. The van der Waals surface area contributed by atoms with E-state index in [1.807, 2.05) is 42.5 Å². The summed E-state index contributed by atoms with van der Waals surface area (Å²) in [5.74, 6) is 0.480. The van der Waals surface area contributed by atoms with E-state index in [9.17, 15) is 9.59 Å². The Morgan fingerprint density at radius 2 is 1.58 bits per heavy atom. The van der Waals surface area contributed by atoms with Crippen LogP contribution in [0.15, 0.2) is 54.6 Å². The zero-order valence-corrected chi connectivity index (χ0v) is 22.5. The number of aromatic nitrogens is 1. The maximum atomic E-state index is 14.2. The zero-order valence-electron chi connectivity index (χ0n) is 22.5. The van der Waals surface area contributed by atoms with Crippen LogP contribution in [0.5, 0.6) is 0 Å². The lowest BCUT2D eigenvalue weighted by molar-refractivity contribution is 0.0913. The molecule has 1 unspecified atom stereocenters. The van der Waals surface area contributed by atoms with Crippen molar-refractivity contribution in [1.29, 1.82) is 0 Å². The fourth-order valence-corrected chi connectivity index (χ4v) is 6.24. The molecule has 0 radical (unpaired) electrons. The molecule has 3 amide bonds. The van der Waals surface area contributed by atoms with Crippen molar-refractivity contribution in [3.05, 3.63) is 65.7 Å². The van der Waals surface area contributed by atoms with Crippen molar-refractivity contribution in [1.82, 2.24) is 20.1 Å². The number of hydrogen-bond donors (Lipinski definition) is 2. The van der Waals surface area contributed by atoms with Gasteiger partial charge in [-0.1, -0.05) is 67.8 Å². The van der Waals surface area contributed by atoms with Gasteiger partial charge in [-0.05, 0) is 38.7 Å². The van der Waals surface area contributed by atoms with Gasteiger partial charge in [0, 0.05) is 54.8 Å². The first-order valence-corrected chi connectivity index (χ1v) is 14.0. The number of carbonyl (C=O) groups excluding carboxylic acids is 2. The quantitative estimate of drug-likeness (QED) is 0.464. The van der Waals surface area contributed by atoms with Crippen LogP contribution in [-0.4, -0.2) is 58.9 Å². The Bertz CT molecular complexity index is 1280. The third-order valence-corrected chi connectivity index (χ3v) is 8.51. The number of para-hydroxylation sites is 1. The van der Waals surface area contributed by atoms with Crippen LogP contribution >= 0.6 is 0 Å². The summed E-state index contributed by atoms with van der Waals surface area (Å²) in [5.41, 5.74) is 9.83. The highest BCUT2D eigenvalue weighted by molar-refractivity contribution is 6.09. The van der Waals surface area contributed by atoms with Crippen molar-refractivity contribution < 1.29 is 9.59 Å². The number of nitrogens with two attached hydrogens (primary N) is 1. The van der Waals surface area contributed by atoms with Crippen molar-refractivity contribution in [3.63, 3.8) is 0 Å². The van der Waals surface area contributed by atoms with Crippen molar-refractivity contribution in [2.75, 3.05) is 26.2 Å². The van der Waals surface area contributed by atoms with E-state index < -0.39 is 0 Å². The van der Waals surface area contributed by atoms with E-state index in [0.717, 1.165) is 27.7 Å². The first kappa shape index (κ1) is 26.2. The van der Waals surface area contributed by atoms with Crippen molar-refractivity contribution in [2.45, 2.75) is 58.0 Å². The molecule has 1 saturated heterocycles. The molecule has 1 aromatic heterocycles. The van der Waals surface area contributed by atoms with Gasteiger partial charge in [0.2, 0.25) is 0 Å². The van der Waals surface area contributed by atoms with Gasteiger partial charge in [-0.25, -0.2) is 9.78 Å². The number of piperazine rings is 1. The van der Waals surface area contributed by atoms with E-state index in [-0.39, 0.29) is 24.0 Å². The van der Waals surface area contributed by atoms with Crippen molar-refractivity contribution in [2.24, 2.45) is 11.7 Å². The van der Waals surface area contributed by atoms with E-state index in [2.05, 4.69) is 36.2 Å². The van der Waals surface area contributed by atoms with Crippen LogP contribution in [0, 0.1) is 5.92 Å². The average Bonchev–Trinajstić information content (AvgIpc) is 2.96. The lowest BCUT2D eigenvalue weighted by Crippen LogP contribution is -2.51. The van der Waals surface area contributed by atoms with Gasteiger partial charge in [0.05, 0.1) is 16.8 Å². The lowest BCUT2D eigenvalue weighted by atomic mass is 9.84. The molecule has 2 heterocycles. The van der Waals surface area contributed by atoms with E-state index in [1.165, 1.54) is 32.1 Å². The SMILES string of the molecule is CC(NC(=O)c1c([C@H](C)N2CCN(C(N)=O)CC2)c(-c2ccccc2)nc2ccccc12)C1CCCCC1. The van der Waals surface area contributed by atoms with Gasteiger partial charge in [-0.3, -0.25) is 9.69 Å². The minimum atomic E-state index is -0.383. The molecule has 0 bridgehead atoms. The van der Waals surface area contributed by atoms with Crippen LogP contribution in [0.3, 0.4) is 0 Å². The number of nitrogens with zero attached hydrogens (tertiary/aromatic N) is 3. The number of pyridine rings is 1. The van der Waals surface area contributed by atoms with Crippen LogP contribution in [0.25, 0.3) is 22.2 Å². The number of hydrogen-bond acceptors (Lipinski definition) is 4. The molecule has 2 aromatic carbocycles. The highest BCUT2D eigenvalue weighted by atomic mass is 16.2. The first-order chi connectivity index (χ1) is 18.4. The molecule has 1 aliphatic heterocycles. The number of fused-ring (bicyclic) bond motifs is 1. The predicted octanol–water partition coefficient (Wildman–Crippen LogP) is 5.36. The molecule has 3 N–H and O–H groups in total. The minimum Gasteiger partial charge on any atom is -0.351 e. The summed E-state index contributed by atoms with van der Waals surface area (Å²) in [6, 6.07) is 17.7. The summed E-state index contributed by atoms with van der Waals surface area (Å²) in [5, 5.41) is 4.28. The predicted molar refractivity (Wildman–Crippen MR) is 152 cm³/mol. The summed E-state index contributed by atoms with van der Waals surface area (Å²) in [6.07, 6.45) is 6.10. The number of urea groups is 1.